The van der Waals surface area contributed by atoms with E-state index >= 15 is 0 Å². The van der Waals surface area contributed by atoms with Gasteiger partial charge in [0.2, 0.25) is 5.91 Å². The molecule has 4 rings (SSSR count). The number of nitrogens with zero attached hydrogens (tertiary/aromatic N) is 8. The molecule has 14 nitrogen and oxygen atoms in total. The van der Waals surface area contributed by atoms with Crippen LogP contribution in [0.15, 0.2) is 58.9 Å². The van der Waals surface area contributed by atoms with Gasteiger partial charge in [-0.3, -0.25) is 9.36 Å². The van der Waals surface area contributed by atoms with E-state index in [0.717, 1.165) is 4.68 Å². The van der Waals surface area contributed by atoms with Crippen molar-refractivity contribution < 1.29 is 28.3 Å². The highest BCUT2D eigenvalue weighted by Crippen LogP contribution is 2.24. The maximum Gasteiger partial charge on any atom is 0.416 e. The van der Waals surface area contributed by atoms with Gasteiger partial charge >= 0.3 is 11.9 Å². The van der Waals surface area contributed by atoms with Gasteiger partial charge in [0.1, 0.15) is 18.6 Å². The van der Waals surface area contributed by atoms with Crippen LogP contribution in [0.1, 0.15) is 19.2 Å². The van der Waals surface area contributed by atoms with Crippen LogP contribution < -0.4 is 11.0 Å². The molecule has 0 aliphatic rings. The van der Waals surface area contributed by atoms with E-state index in [1.54, 1.807) is 12.1 Å². The predicted octanol–water partition coefficient (Wildman–Crippen LogP) is 2.51. The van der Waals surface area contributed by atoms with Gasteiger partial charge in [0.25, 0.3) is 0 Å². The van der Waals surface area contributed by atoms with Crippen LogP contribution in [-0.2, 0) is 17.9 Å². The molecule has 1 atom stereocenters. The zero-order chi connectivity index (χ0) is 30.6. The molecule has 0 aliphatic carbocycles. The Morgan fingerprint density at radius 2 is 1.90 bits per heavy atom. The van der Waals surface area contributed by atoms with Gasteiger partial charge in [-0.15, -0.1) is 10.2 Å². The number of anilines is 1. The minimum absolute atomic E-state index is 0.0304. The smallest absolute Gasteiger partial charge is 0.411 e. The second kappa shape index (κ2) is 12.3. The third-order valence-corrected chi connectivity index (χ3v) is 6.06. The number of aliphatic hydroxyl groups is 1. The van der Waals surface area contributed by atoms with Crippen molar-refractivity contribution in [3.8, 4) is 17.1 Å². The predicted molar refractivity (Wildman–Crippen MR) is 143 cm³/mol. The number of aliphatic hydroxyl groups excluding tert-OH is 1. The summed E-state index contributed by atoms with van der Waals surface area (Å²) in [7, 11) is 0. The van der Waals surface area contributed by atoms with Crippen molar-refractivity contribution in [1.82, 2.24) is 34.1 Å². The van der Waals surface area contributed by atoms with E-state index in [-0.39, 0.29) is 53.1 Å². The maximum absolute atomic E-state index is 13.1. The number of pyridine rings is 1. The quantitative estimate of drug-likeness (QED) is 0.120. The number of benzene rings is 1. The van der Waals surface area contributed by atoms with Crippen LogP contribution in [0.4, 0.5) is 19.0 Å². The van der Waals surface area contributed by atoms with E-state index in [0.29, 0.717) is 9.59 Å². The van der Waals surface area contributed by atoms with Gasteiger partial charge < -0.3 is 21.0 Å². The molecule has 0 radical (unpaired) electrons. The van der Waals surface area contributed by atoms with Crippen molar-refractivity contribution in [2.75, 3.05) is 5.32 Å². The largest absolute Gasteiger partial charge is 0.416 e. The van der Waals surface area contributed by atoms with Crippen molar-refractivity contribution in [2.45, 2.75) is 38.7 Å². The van der Waals surface area contributed by atoms with Crippen LogP contribution in [0.5, 0.6) is 0 Å². The number of aromatic nitrogens is 7. The molecule has 1 aromatic carbocycles. The fraction of sp³-hybridized carbons (Fsp3) is 0.250. The normalized spacial score (nSPS) is 12.8. The highest BCUT2D eigenvalue weighted by molar-refractivity contribution is 6.43. The summed E-state index contributed by atoms with van der Waals surface area (Å²) in [6, 6.07) is 9.01. The molecule has 0 saturated heterocycles. The molecule has 18 heteroatoms. The fourth-order valence-corrected chi connectivity index (χ4v) is 3.75. The summed E-state index contributed by atoms with van der Waals surface area (Å²) in [5, 5.41) is 40.4. The molecule has 0 unspecified atom stereocenters. The minimum atomic E-state index is -4.97. The number of oxime groups is 1. The Balaban J connectivity index is 1.61. The van der Waals surface area contributed by atoms with Crippen molar-refractivity contribution in [3.63, 3.8) is 0 Å². The molecule has 1 amide bonds. The average Bonchev–Trinajstić information content (AvgIpc) is 3.53. The molecular weight excluding hydrogens is 585 g/mol. The highest BCUT2D eigenvalue weighted by atomic mass is 35.5. The first-order valence-electron chi connectivity index (χ1n) is 12.0. The number of nitrogens with one attached hydrogen (secondary N) is 2. The number of rotatable bonds is 10. The van der Waals surface area contributed by atoms with Crippen molar-refractivity contribution in [2.24, 2.45) is 5.16 Å². The lowest BCUT2D eigenvalue weighted by molar-refractivity contribution is -0.207. The summed E-state index contributed by atoms with van der Waals surface area (Å²) >= 11 is 5.91. The fourth-order valence-electron chi connectivity index (χ4n) is 3.62. The highest BCUT2D eigenvalue weighted by Gasteiger charge is 2.39. The second-order valence-corrected chi connectivity index (χ2v) is 9.24. The van der Waals surface area contributed by atoms with Crippen molar-refractivity contribution >= 4 is 34.7 Å². The van der Waals surface area contributed by atoms with Gasteiger partial charge in [0, 0.05) is 16.8 Å². The van der Waals surface area contributed by atoms with Crippen LogP contribution >= 0.6 is 11.6 Å². The zero-order valence-electron chi connectivity index (χ0n) is 21.6. The molecule has 0 saturated carbocycles. The molecule has 0 spiro atoms. The van der Waals surface area contributed by atoms with Crippen LogP contribution in [0, 0.1) is 5.41 Å². The SMILES string of the molecule is C/C(=N/O)C(=N)CC(=O)Nc1ncccc1-n1cnc(Cn2nc(-c3ccc(Cl)cc3)n(C[C@H](O)C(F)(F)F)c2=O)n1. The third kappa shape index (κ3) is 6.87. The summed E-state index contributed by atoms with van der Waals surface area (Å²) in [6.45, 7) is -0.0769. The number of carbonyl (C=O) groups is 1. The Labute approximate surface area is 239 Å². The Morgan fingerprint density at radius 3 is 2.57 bits per heavy atom. The number of hydrogen-bond donors (Lipinski definition) is 4. The summed E-state index contributed by atoms with van der Waals surface area (Å²) in [5.74, 6) is -0.642. The van der Waals surface area contributed by atoms with Crippen molar-refractivity contribution in [1.29, 1.82) is 5.41 Å². The molecule has 42 heavy (non-hydrogen) atoms. The first-order chi connectivity index (χ1) is 19.9. The van der Waals surface area contributed by atoms with Crippen molar-refractivity contribution in [3.05, 3.63) is 70.3 Å². The molecule has 3 aromatic heterocycles. The van der Waals surface area contributed by atoms with E-state index in [9.17, 15) is 27.9 Å². The van der Waals surface area contributed by atoms with Crippen LogP contribution in [0.3, 0.4) is 0 Å². The number of carbonyl (C=O) groups excluding carboxylic acids is 1. The molecule has 0 bridgehead atoms. The molecular formula is C24H22ClF3N10O4. The molecule has 4 N–H and O–H groups in total. The van der Waals surface area contributed by atoms with E-state index in [1.807, 2.05) is 0 Å². The number of halogens is 4. The first kappa shape index (κ1) is 30.1. The Bertz CT molecular complexity index is 1700. The molecule has 0 aliphatic heterocycles. The maximum atomic E-state index is 13.1. The van der Waals surface area contributed by atoms with Gasteiger partial charge in [-0.2, -0.15) is 13.2 Å². The van der Waals surface area contributed by atoms with Gasteiger partial charge in [0.15, 0.2) is 23.6 Å². The lowest BCUT2D eigenvalue weighted by Crippen LogP contribution is -2.37. The zero-order valence-corrected chi connectivity index (χ0v) is 22.4. The minimum Gasteiger partial charge on any atom is -0.411 e. The van der Waals surface area contributed by atoms with Gasteiger partial charge in [0.05, 0.1) is 24.4 Å². The molecule has 3 heterocycles. The summed E-state index contributed by atoms with van der Waals surface area (Å²) in [5.41, 5.74) is -0.625. The standard InChI is InChI=1S/C24H22ClF3N10O4/c1-13(35-42)16(29)9-20(40)32-21-17(3-2-8-30-21)38-12-31-19(33-38)11-37-23(41)36(10-18(39)24(26,27)28)22(34-37)14-4-6-15(25)7-5-14/h2-8,12,18,29,39,42H,9-11H2,1H3,(H,30,32,40)/b29-16?,35-13-/t18-/m0/s1. The van der Waals surface area contributed by atoms with E-state index in [1.165, 1.54) is 48.4 Å². The summed E-state index contributed by atoms with van der Waals surface area (Å²) in [6.07, 6.45) is -5.51. The molecule has 0 fully saturated rings. The van der Waals surface area contributed by atoms with Gasteiger partial charge in [-0.25, -0.2) is 24.1 Å². The summed E-state index contributed by atoms with van der Waals surface area (Å²) in [4.78, 5) is 33.7. The van der Waals surface area contributed by atoms with Crippen LogP contribution in [0.25, 0.3) is 17.1 Å². The third-order valence-electron chi connectivity index (χ3n) is 5.80. The monoisotopic (exact) mass is 606 g/mol. The molecule has 4 aromatic rings. The Morgan fingerprint density at radius 1 is 1.19 bits per heavy atom. The summed E-state index contributed by atoms with van der Waals surface area (Å²) < 4.78 is 42.1. The lowest BCUT2D eigenvalue weighted by atomic mass is 10.2. The topological polar surface area (TPSA) is 189 Å². The number of amides is 1. The number of hydrogen-bond acceptors (Lipinski definition) is 10. The van der Waals surface area contributed by atoms with E-state index in [2.05, 4.69) is 30.6 Å². The Kier molecular flexibility index (Phi) is 8.82. The van der Waals surface area contributed by atoms with Crippen LogP contribution in [0.2, 0.25) is 5.02 Å². The Hall–Kier alpha value is -4.90. The lowest BCUT2D eigenvalue weighted by Gasteiger charge is -2.15. The molecule has 220 valence electrons. The average molecular weight is 607 g/mol. The van der Waals surface area contributed by atoms with Gasteiger partial charge in [-0.05, 0) is 43.3 Å². The van der Waals surface area contributed by atoms with E-state index < -0.39 is 30.4 Å². The van der Waals surface area contributed by atoms with Crippen LogP contribution in [-0.4, -0.2) is 74.0 Å². The first-order valence-corrected chi connectivity index (χ1v) is 12.4. The second-order valence-electron chi connectivity index (χ2n) is 8.80. The van der Waals surface area contributed by atoms with E-state index in [4.69, 9.17) is 22.2 Å². The van der Waals surface area contributed by atoms with Gasteiger partial charge in [-0.1, -0.05) is 16.8 Å². The number of alkyl halides is 3.